The van der Waals surface area contributed by atoms with E-state index in [1.807, 2.05) is 426 Å². The van der Waals surface area contributed by atoms with Crippen LogP contribution in [-0.4, -0.2) is 101 Å². The molecule has 12 rings (SSSR count). The molecule has 0 fully saturated rings. The molecule has 3 N–H and O–H groups in total. The lowest BCUT2D eigenvalue weighted by Gasteiger charge is -2.07. The van der Waals surface area contributed by atoms with Crippen molar-refractivity contribution in [2.24, 2.45) is 0 Å². The summed E-state index contributed by atoms with van der Waals surface area (Å²) in [4.78, 5) is 8.17. The van der Waals surface area contributed by atoms with E-state index >= 15 is 0 Å². The molecule has 0 radical (unpaired) electrons. The SMILES string of the molecule is CC.CC.CC.CC.CC.CC.CC.CC.CC.CC.CC.CC.CC.CC.CC.CCC.CCC.CCC.CF.CF.CF.CO.CO.CO.COC.COC.COC.Cl.Cl.c1ccc([S+](c2ccccc2)c2ccccc2)cc1.c1ccc([S+](c2ccccc2)c2ccccc2)cc1.c1ccccc1.c1ccccc1.c1ccccc1.c1ccccc1.c1ccccc1.c1ccccc1. The first-order valence-electron chi connectivity index (χ1n) is 48.9. The topological polar surface area (TPSA) is 88.4 Å². The van der Waals surface area contributed by atoms with Gasteiger partial charge in [-0.2, -0.15) is 0 Å². The van der Waals surface area contributed by atoms with E-state index in [1.54, 1.807) is 42.7 Å². The maximum atomic E-state index is 9.50. The van der Waals surface area contributed by atoms with Gasteiger partial charge in [0.2, 0.25) is 0 Å². The van der Waals surface area contributed by atoms with E-state index in [0.29, 0.717) is 21.5 Å². The molecular formula is C123H221Cl2F3O6S2+2. The highest BCUT2D eigenvalue weighted by Crippen LogP contribution is 2.32. The summed E-state index contributed by atoms with van der Waals surface area (Å²) in [6.07, 6.45) is 3.75. The van der Waals surface area contributed by atoms with E-state index in [0.717, 1.165) is 21.3 Å². The van der Waals surface area contributed by atoms with Gasteiger partial charge in [-0.25, -0.2) is 0 Å². The molecule has 0 aliphatic carbocycles. The lowest BCUT2D eigenvalue weighted by atomic mass is 10.4. The van der Waals surface area contributed by atoms with Gasteiger partial charge < -0.3 is 29.5 Å². The van der Waals surface area contributed by atoms with Gasteiger partial charge in [0, 0.05) is 64.0 Å². The van der Waals surface area contributed by atoms with E-state index < -0.39 is 0 Å². The van der Waals surface area contributed by atoms with Crippen molar-refractivity contribution < 1.29 is 42.7 Å². The van der Waals surface area contributed by atoms with Crippen LogP contribution in [0.1, 0.15) is 269 Å². The number of alkyl halides is 3. The van der Waals surface area contributed by atoms with Crippen molar-refractivity contribution >= 4 is 46.6 Å². The molecule has 0 bridgehead atoms. The highest BCUT2D eigenvalue weighted by Gasteiger charge is 2.28. The third kappa shape index (κ3) is 196. The molecule has 0 atom stereocenters. The molecule has 794 valence electrons. The Morgan fingerprint density at radius 1 is 0.147 bits per heavy atom. The fourth-order valence-corrected chi connectivity index (χ4v) is 10.7. The van der Waals surface area contributed by atoms with Crippen LogP contribution in [-0.2, 0) is 36.0 Å². The summed E-state index contributed by atoms with van der Waals surface area (Å²) in [7, 11) is 14.2. The summed E-state index contributed by atoms with van der Waals surface area (Å²) in [5.41, 5.74) is 0. The van der Waals surface area contributed by atoms with Crippen LogP contribution >= 0.6 is 24.8 Å². The van der Waals surface area contributed by atoms with Gasteiger partial charge in [-0.15, -0.1) is 24.8 Å². The number of methoxy groups -OCH3 is 3. The molecule has 0 saturated carbocycles. The molecule has 12 aromatic carbocycles. The fourth-order valence-electron chi connectivity index (χ4n) is 6.47. The third-order valence-corrected chi connectivity index (χ3v) is 14.3. The molecule has 0 aliphatic rings. The molecule has 0 aromatic heterocycles. The number of ether oxygens (including phenoxy) is 3. The number of rotatable bonds is 6. The van der Waals surface area contributed by atoms with E-state index in [9.17, 15) is 13.2 Å². The predicted octanol–water partition coefficient (Wildman–Crippen LogP) is 41.5. The third-order valence-electron chi connectivity index (χ3n) is 9.87. The number of aliphatic hydroxyl groups excluding tert-OH is 3. The van der Waals surface area contributed by atoms with E-state index in [2.05, 4.69) is 238 Å². The van der Waals surface area contributed by atoms with Crippen molar-refractivity contribution in [3.8, 4) is 0 Å². The Morgan fingerprint density at radius 2 is 0.184 bits per heavy atom. The van der Waals surface area contributed by atoms with E-state index in [1.165, 1.54) is 48.6 Å². The molecule has 136 heavy (non-hydrogen) atoms. The van der Waals surface area contributed by atoms with Crippen LogP contribution in [0.2, 0.25) is 0 Å². The van der Waals surface area contributed by atoms with Crippen LogP contribution in [0, 0.1) is 0 Å². The Kier molecular flexibility index (Phi) is 372. The second kappa shape index (κ2) is 260. The lowest BCUT2D eigenvalue weighted by Crippen LogP contribution is -2.04. The summed E-state index contributed by atoms with van der Waals surface area (Å²) >= 11 is 0. The van der Waals surface area contributed by atoms with Crippen LogP contribution in [0.15, 0.2) is 430 Å². The Bertz CT molecular complexity index is 2430. The van der Waals surface area contributed by atoms with Gasteiger partial charge in [0.25, 0.3) is 0 Å². The Hall–Kier alpha value is -8.53. The minimum Gasteiger partial charge on any atom is -0.400 e. The second-order valence-corrected chi connectivity index (χ2v) is 22.8. The van der Waals surface area contributed by atoms with Gasteiger partial charge in [0.15, 0.2) is 29.4 Å². The maximum absolute atomic E-state index is 9.50. The van der Waals surface area contributed by atoms with Crippen molar-refractivity contribution in [2.75, 3.05) is 85.5 Å². The maximum Gasteiger partial charge on any atom is 0.166 e. The summed E-state index contributed by atoms with van der Waals surface area (Å²) in [6.45, 7) is 72.8. The Morgan fingerprint density at radius 3 is 0.228 bits per heavy atom. The summed E-state index contributed by atoms with van der Waals surface area (Å²) < 4.78 is 41.2. The first kappa shape index (κ1) is 194. The van der Waals surface area contributed by atoms with Crippen molar-refractivity contribution in [3.63, 3.8) is 0 Å². The lowest BCUT2D eigenvalue weighted by molar-refractivity contribution is 0.277. The zero-order valence-electron chi connectivity index (χ0n) is 96.6. The minimum absolute atomic E-state index is 0. The first-order valence-corrected chi connectivity index (χ1v) is 51.3. The van der Waals surface area contributed by atoms with Gasteiger partial charge in [-0.05, 0) is 72.8 Å². The molecule has 0 saturated heterocycles. The summed E-state index contributed by atoms with van der Waals surface area (Å²) in [6, 6.07) is 136. The molecule has 0 amide bonds. The van der Waals surface area contributed by atoms with Crippen molar-refractivity contribution in [2.45, 2.75) is 298 Å². The zero-order chi connectivity index (χ0) is 110. The Balaban J connectivity index is -0.0000000426. The van der Waals surface area contributed by atoms with Crippen LogP contribution in [0.3, 0.4) is 0 Å². The van der Waals surface area contributed by atoms with Gasteiger partial charge in [-0.1, -0.05) is 596 Å². The molecule has 0 unspecified atom stereocenters. The monoisotopic (exact) mass is 1990 g/mol. The molecule has 0 heterocycles. The molecule has 12 aromatic rings. The average molecular weight is 1990 g/mol. The predicted molar refractivity (Wildman–Crippen MR) is 639 cm³/mol. The standard InChI is InChI=1S/2C18H15S.6C6H6.3C3H8.3C2H6O.15C2H6.3CH3F.3CH4O.2ClH/c2*1-4-10-16(11-5-1)19(17-12-6-2-7-13-17)18-14-8-3-9-15-18;6*1-2-4-6-5-3-1;6*1-3-2;21*1-2;;/h2*1-15H;6*1-6H;3*3H2,1-2H3;3*1-2H3;15*1-2H3;3*1H3;3*2H,1H3;2*1H/q2*+1;;;;;;;;;;;;;;;;;;;;;;;;;;;;;;;;;;;. The first-order chi connectivity index (χ1) is 66.4. The van der Waals surface area contributed by atoms with E-state index in [4.69, 9.17) is 15.3 Å². The molecule has 0 aliphatic heterocycles. The highest BCUT2D eigenvalue weighted by atomic mass is 35.5. The largest absolute Gasteiger partial charge is 0.400 e. The average Bonchev–Trinajstić information content (AvgIpc) is 0.827. The number of hydrogen-bond acceptors (Lipinski definition) is 6. The molecule has 0 spiro atoms. The van der Waals surface area contributed by atoms with Crippen molar-refractivity contribution in [1.82, 2.24) is 0 Å². The van der Waals surface area contributed by atoms with Gasteiger partial charge in [-0.3, -0.25) is 13.2 Å². The second-order valence-electron chi connectivity index (χ2n) is 18.8. The highest BCUT2D eigenvalue weighted by molar-refractivity contribution is 7.97. The molecule has 13 heteroatoms. The van der Waals surface area contributed by atoms with Crippen LogP contribution in [0.4, 0.5) is 13.2 Å². The number of hydrogen-bond donors (Lipinski definition) is 3. The smallest absolute Gasteiger partial charge is 0.166 e. The van der Waals surface area contributed by atoms with Gasteiger partial charge in [0.05, 0.1) is 43.3 Å². The van der Waals surface area contributed by atoms with Crippen LogP contribution in [0.25, 0.3) is 0 Å². The quantitative estimate of drug-likeness (QED) is 0.144. The fraction of sp³-hybridized carbons (Fsp3) is 0.415. The molecule has 6 nitrogen and oxygen atoms in total. The summed E-state index contributed by atoms with van der Waals surface area (Å²) in [5, 5.41) is 21.0. The number of halogens is 5. The normalized spacial score (nSPS) is 6.79. The van der Waals surface area contributed by atoms with Crippen LogP contribution in [0.5, 0.6) is 0 Å². The minimum atomic E-state index is -0.0146. The number of aliphatic hydroxyl groups is 3. The van der Waals surface area contributed by atoms with Crippen molar-refractivity contribution in [1.29, 1.82) is 0 Å². The van der Waals surface area contributed by atoms with Gasteiger partial charge >= 0.3 is 0 Å². The summed E-state index contributed by atoms with van der Waals surface area (Å²) in [5.74, 6) is 0. The molecular weight excluding hydrogens is 1770 g/mol. The van der Waals surface area contributed by atoms with Crippen LogP contribution < -0.4 is 0 Å². The van der Waals surface area contributed by atoms with Crippen molar-refractivity contribution in [3.05, 3.63) is 400 Å². The van der Waals surface area contributed by atoms with E-state index in [-0.39, 0.29) is 46.6 Å². The Labute approximate surface area is 867 Å². The zero-order valence-corrected chi connectivity index (χ0v) is 99.8. The number of benzene rings is 12. The van der Waals surface area contributed by atoms with Gasteiger partial charge in [0.1, 0.15) is 0 Å².